The summed E-state index contributed by atoms with van der Waals surface area (Å²) < 4.78 is 1.74. The molecule has 0 amide bonds. The first-order valence-corrected chi connectivity index (χ1v) is 6.05. The highest BCUT2D eigenvalue weighted by Crippen LogP contribution is 2.24. The minimum absolute atomic E-state index is 0.0668. The number of rotatable bonds is 3. The molecule has 3 N–H and O–H groups in total. The summed E-state index contributed by atoms with van der Waals surface area (Å²) in [6.07, 6.45) is 3.47. The van der Waals surface area contributed by atoms with Crippen LogP contribution in [0.2, 0.25) is 0 Å². The molecule has 0 unspecified atom stereocenters. The predicted molar refractivity (Wildman–Crippen MR) is 67.6 cm³/mol. The highest BCUT2D eigenvalue weighted by atomic mass is 35.5. The fraction of sp³-hybridized carbons (Fsp3) is 0.222. The average molecular weight is 273 g/mol. The Bertz CT molecular complexity index is 634. The molecule has 0 saturated carbocycles. The van der Waals surface area contributed by atoms with Gasteiger partial charge in [0.2, 0.25) is 11.8 Å². The third-order valence-corrected chi connectivity index (χ3v) is 3.20. The molecule has 0 atom stereocenters. The number of hydrogen-bond donors (Lipinski definition) is 2. The van der Waals surface area contributed by atoms with Crippen LogP contribution in [0, 0.1) is 0 Å². The quantitative estimate of drug-likeness (QED) is 0.640. The van der Waals surface area contributed by atoms with Crippen molar-refractivity contribution in [2.24, 2.45) is 0 Å². The van der Waals surface area contributed by atoms with Crippen molar-refractivity contribution in [3.8, 4) is 5.88 Å². The van der Waals surface area contributed by atoms with Crippen LogP contribution in [0.3, 0.4) is 0 Å². The third-order valence-electron chi connectivity index (χ3n) is 2.06. The summed E-state index contributed by atoms with van der Waals surface area (Å²) in [7, 11) is 0. The highest BCUT2D eigenvalue weighted by Gasteiger charge is 2.13. The Labute approximate surface area is 105 Å². The fourth-order valence-electron chi connectivity index (χ4n) is 1.35. The topological polar surface area (TPSA) is 94.0 Å². The number of nitrogens with zero attached hydrogens (tertiary/aromatic N) is 3. The van der Waals surface area contributed by atoms with Gasteiger partial charge in [-0.05, 0) is 0 Å². The van der Waals surface area contributed by atoms with Crippen LogP contribution >= 0.6 is 22.9 Å². The molecule has 0 radical (unpaired) electrons. The molecular weight excluding hydrogens is 264 g/mol. The van der Waals surface area contributed by atoms with Gasteiger partial charge in [-0.2, -0.15) is 9.97 Å². The summed E-state index contributed by atoms with van der Waals surface area (Å²) in [5.74, 6) is 0.0386. The van der Waals surface area contributed by atoms with E-state index in [1.165, 1.54) is 4.57 Å². The summed E-state index contributed by atoms with van der Waals surface area (Å²) in [6.45, 7) is 0.335. The number of halogens is 1. The molecule has 90 valence electrons. The van der Waals surface area contributed by atoms with E-state index in [1.54, 1.807) is 12.2 Å². The zero-order valence-electron chi connectivity index (χ0n) is 8.63. The Kier molecular flexibility index (Phi) is 3.30. The molecule has 0 aliphatic heterocycles. The smallest absolute Gasteiger partial charge is 0.309 e. The minimum atomic E-state index is -0.269. The van der Waals surface area contributed by atoms with Crippen LogP contribution in [0.25, 0.3) is 10.3 Å². The normalized spacial score (nSPS) is 11.6. The van der Waals surface area contributed by atoms with Crippen molar-refractivity contribution < 1.29 is 5.11 Å². The molecule has 2 aromatic heterocycles. The van der Waals surface area contributed by atoms with E-state index in [4.69, 9.17) is 17.3 Å². The number of nitrogens with two attached hydrogens (primary N) is 1. The van der Waals surface area contributed by atoms with Gasteiger partial charge in [-0.25, -0.2) is 0 Å². The number of anilines is 1. The van der Waals surface area contributed by atoms with E-state index in [1.807, 2.05) is 0 Å². The van der Waals surface area contributed by atoms with E-state index in [-0.39, 0.29) is 16.7 Å². The molecule has 8 heteroatoms. The third kappa shape index (κ3) is 2.25. The zero-order chi connectivity index (χ0) is 12.4. The van der Waals surface area contributed by atoms with Crippen molar-refractivity contribution in [2.45, 2.75) is 6.54 Å². The number of alkyl halides is 1. The largest absolute Gasteiger partial charge is 0.492 e. The maximum Gasteiger partial charge on any atom is 0.309 e. The summed E-state index contributed by atoms with van der Waals surface area (Å²) >= 11 is 6.38. The van der Waals surface area contributed by atoms with Crippen molar-refractivity contribution in [3.05, 3.63) is 21.8 Å². The minimum Gasteiger partial charge on any atom is -0.492 e. The fourth-order valence-corrected chi connectivity index (χ4v) is 2.31. The molecule has 0 aromatic carbocycles. The van der Waals surface area contributed by atoms with Crippen molar-refractivity contribution in [1.29, 1.82) is 0 Å². The highest BCUT2D eigenvalue weighted by molar-refractivity contribution is 7.16. The van der Waals surface area contributed by atoms with Gasteiger partial charge in [-0.1, -0.05) is 23.5 Å². The van der Waals surface area contributed by atoms with Gasteiger partial charge in [0, 0.05) is 12.4 Å². The van der Waals surface area contributed by atoms with Crippen molar-refractivity contribution >= 4 is 39.2 Å². The lowest BCUT2D eigenvalue weighted by molar-refractivity contribution is 0.461. The van der Waals surface area contributed by atoms with Gasteiger partial charge in [-0.3, -0.25) is 9.36 Å². The number of thiazole rings is 1. The Balaban J connectivity index is 2.58. The number of aromatic hydroxyl groups is 1. The molecule has 17 heavy (non-hydrogen) atoms. The van der Waals surface area contributed by atoms with E-state index in [9.17, 15) is 9.90 Å². The molecule has 0 fully saturated rings. The van der Waals surface area contributed by atoms with Crippen LogP contribution in [0.1, 0.15) is 0 Å². The number of fused-ring (bicyclic) bond motifs is 1. The van der Waals surface area contributed by atoms with E-state index < -0.39 is 0 Å². The molecule has 6 nitrogen and oxygen atoms in total. The Hall–Kier alpha value is -1.60. The summed E-state index contributed by atoms with van der Waals surface area (Å²) in [5.41, 5.74) is 5.76. The van der Waals surface area contributed by atoms with Gasteiger partial charge in [0.15, 0.2) is 5.65 Å². The molecule has 2 aromatic rings. The molecule has 0 spiro atoms. The van der Waals surface area contributed by atoms with Gasteiger partial charge in [0.1, 0.15) is 4.70 Å². The molecule has 0 aliphatic rings. The Morgan fingerprint density at radius 1 is 1.47 bits per heavy atom. The predicted octanol–water partition coefficient (Wildman–Crippen LogP) is 0.936. The van der Waals surface area contributed by atoms with Crippen LogP contribution in [-0.2, 0) is 6.54 Å². The summed E-state index contributed by atoms with van der Waals surface area (Å²) in [5, 5.41) is 9.55. The lowest BCUT2D eigenvalue weighted by Crippen LogP contribution is -2.12. The second-order valence-corrected chi connectivity index (χ2v) is 4.43. The van der Waals surface area contributed by atoms with Gasteiger partial charge < -0.3 is 10.8 Å². The van der Waals surface area contributed by atoms with Gasteiger partial charge in [-0.15, -0.1) is 11.6 Å². The second-order valence-electron chi connectivity index (χ2n) is 3.16. The monoisotopic (exact) mass is 272 g/mol. The Morgan fingerprint density at radius 2 is 2.24 bits per heavy atom. The maximum atomic E-state index is 11.7. The molecule has 0 saturated heterocycles. The first-order chi connectivity index (χ1) is 8.13. The van der Waals surface area contributed by atoms with E-state index in [0.29, 0.717) is 22.8 Å². The van der Waals surface area contributed by atoms with Crippen LogP contribution in [0.4, 0.5) is 5.95 Å². The number of aromatic nitrogens is 3. The van der Waals surface area contributed by atoms with E-state index >= 15 is 0 Å². The van der Waals surface area contributed by atoms with Gasteiger partial charge in [0.25, 0.3) is 0 Å². The van der Waals surface area contributed by atoms with Crippen LogP contribution in [-0.4, -0.2) is 25.5 Å². The number of hydrogen-bond acceptors (Lipinski definition) is 6. The van der Waals surface area contributed by atoms with Crippen molar-refractivity contribution in [3.63, 3.8) is 0 Å². The lowest BCUT2D eigenvalue weighted by Gasteiger charge is -1.99. The standard InChI is InChI=1S/C9H9ClN4O2S/c10-3-1-2-4-14-6-5(17-9(14)16)7(15)13-8(11)12-6/h1-2H,3-4H2,(H3,11,12,13,15)/b2-1+. The Morgan fingerprint density at radius 3 is 2.94 bits per heavy atom. The second kappa shape index (κ2) is 4.72. The molecule has 0 bridgehead atoms. The summed E-state index contributed by atoms with van der Waals surface area (Å²) in [6, 6.07) is 0. The van der Waals surface area contributed by atoms with E-state index in [2.05, 4.69) is 9.97 Å². The molecule has 2 rings (SSSR count). The average Bonchev–Trinajstić information content (AvgIpc) is 2.57. The molecular formula is C9H9ClN4O2S. The van der Waals surface area contributed by atoms with Crippen molar-refractivity contribution in [1.82, 2.24) is 14.5 Å². The van der Waals surface area contributed by atoms with Gasteiger partial charge in [0.05, 0.1) is 0 Å². The molecule has 0 aliphatic carbocycles. The van der Waals surface area contributed by atoms with Crippen LogP contribution < -0.4 is 10.6 Å². The van der Waals surface area contributed by atoms with E-state index in [0.717, 1.165) is 11.3 Å². The number of allylic oxidation sites excluding steroid dienone is 2. The summed E-state index contributed by atoms with van der Waals surface area (Å²) in [4.78, 5) is 19.0. The van der Waals surface area contributed by atoms with Crippen LogP contribution in [0.15, 0.2) is 16.9 Å². The van der Waals surface area contributed by atoms with Crippen molar-refractivity contribution in [2.75, 3.05) is 11.6 Å². The van der Waals surface area contributed by atoms with Crippen LogP contribution in [0.5, 0.6) is 5.88 Å². The first kappa shape index (κ1) is 11.9. The first-order valence-electron chi connectivity index (χ1n) is 4.70. The lowest BCUT2D eigenvalue weighted by atomic mass is 10.5. The SMILES string of the molecule is Nc1nc(O)c2sc(=O)n(C/C=C/CCl)c2n1. The maximum absolute atomic E-state index is 11.7. The zero-order valence-corrected chi connectivity index (χ0v) is 10.2. The molecule has 2 heterocycles. The van der Waals surface area contributed by atoms with Gasteiger partial charge >= 0.3 is 4.87 Å². The number of nitrogen functional groups attached to an aromatic ring is 1.